The number of benzene rings is 1. The number of nitrogens with one attached hydrogen (secondary N) is 1. The van der Waals surface area contributed by atoms with Crippen LogP contribution in [0.2, 0.25) is 0 Å². The number of nitrogens with zero attached hydrogens (tertiary/aromatic N) is 1. The number of hydrogen-bond donors (Lipinski definition) is 1. The van der Waals surface area contributed by atoms with Gasteiger partial charge in [-0.25, -0.2) is 4.79 Å². The van der Waals surface area contributed by atoms with Crippen molar-refractivity contribution in [3.8, 4) is 0 Å². The van der Waals surface area contributed by atoms with E-state index in [0.29, 0.717) is 21.9 Å². The van der Waals surface area contributed by atoms with Crippen LogP contribution in [0, 0.1) is 5.41 Å². The Morgan fingerprint density at radius 3 is 2.56 bits per heavy atom. The summed E-state index contributed by atoms with van der Waals surface area (Å²) in [6.07, 6.45) is 0. The molecule has 4 nitrogen and oxygen atoms in total. The third kappa shape index (κ3) is 2.41. The molecule has 1 aromatic carbocycles. The molecule has 0 saturated heterocycles. The first kappa shape index (κ1) is 13.1. The second kappa shape index (κ2) is 4.39. The van der Waals surface area contributed by atoms with Crippen LogP contribution in [-0.2, 0) is 6.54 Å². The summed E-state index contributed by atoms with van der Waals surface area (Å²) in [5, 5.41) is 0.515. The van der Waals surface area contributed by atoms with E-state index >= 15 is 0 Å². The number of H-pyrrole nitrogens is 1. The molecule has 96 valence electrons. The molecule has 18 heavy (non-hydrogen) atoms. The molecule has 0 bridgehead atoms. The summed E-state index contributed by atoms with van der Waals surface area (Å²) in [6.45, 7) is 6.35. The maximum absolute atomic E-state index is 12.4. The molecule has 0 saturated carbocycles. The maximum Gasteiger partial charge on any atom is 0.328 e. The minimum atomic E-state index is -0.361. The highest BCUT2D eigenvalue weighted by molar-refractivity contribution is 9.10. The van der Waals surface area contributed by atoms with E-state index in [1.165, 1.54) is 4.57 Å². The number of aromatic amines is 1. The summed E-state index contributed by atoms with van der Waals surface area (Å²) < 4.78 is 1.96. The molecule has 0 amide bonds. The second-order valence-electron chi connectivity index (χ2n) is 5.54. The summed E-state index contributed by atoms with van der Waals surface area (Å²) in [6, 6.07) is 5.31. The third-order valence-corrected chi connectivity index (χ3v) is 3.25. The molecule has 2 aromatic rings. The lowest BCUT2D eigenvalue weighted by Gasteiger charge is -2.19. The van der Waals surface area contributed by atoms with Gasteiger partial charge in [0.1, 0.15) is 0 Å². The Bertz CT molecular complexity index is 707. The Morgan fingerprint density at radius 1 is 1.28 bits per heavy atom. The van der Waals surface area contributed by atoms with Gasteiger partial charge in [0.15, 0.2) is 0 Å². The molecule has 1 N–H and O–H groups in total. The molecule has 0 fully saturated rings. The van der Waals surface area contributed by atoms with Crippen molar-refractivity contribution in [1.82, 2.24) is 9.55 Å². The molecule has 0 aliphatic heterocycles. The number of aromatic nitrogens is 2. The number of fused-ring (bicyclic) bond motifs is 1. The van der Waals surface area contributed by atoms with Crippen LogP contribution in [0.15, 0.2) is 32.3 Å². The molecule has 0 radical (unpaired) electrons. The van der Waals surface area contributed by atoms with Gasteiger partial charge < -0.3 is 4.98 Å². The standard InChI is InChI=1S/C13H15BrN2O2/c1-13(2,3)7-16-11(17)10-8(14)5-4-6-9(10)15-12(16)18/h4-6H,7H2,1-3H3,(H,15,18). The fourth-order valence-corrected chi connectivity index (χ4v) is 2.41. The Balaban J connectivity index is 2.81. The van der Waals surface area contributed by atoms with Crippen molar-refractivity contribution in [2.75, 3.05) is 0 Å². The molecule has 1 aromatic heterocycles. The minimum Gasteiger partial charge on any atom is -0.307 e. The van der Waals surface area contributed by atoms with Crippen LogP contribution in [0.4, 0.5) is 0 Å². The quantitative estimate of drug-likeness (QED) is 0.880. The lowest BCUT2D eigenvalue weighted by molar-refractivity contribution is 0.332. The zero-order valence-corrected chi connectivity index (χ0v) is 12.2. The summed E-state index contributed by atoms with van der Waals surface area (Å²) in [4.78, 5) is 27.0. The van der Waals surface area contributed by atoms with E-state index in [0.717, 1.165) is 0 Å². The largest absolute Gasteiger partial charge is 0.328 e. The molecular formula is C13H15BrN2O2. The zero-order valence-electron chi connectivity index (χ0n) is 10.6. The van der Waals surface area contributed by atoms with Gasteiger partial charge in [-0.15, -0.1) is 0 Å². The van der Waals surface area contributed by atoms with Gasteiger partial charge in [0.05, 0.1) is 10.9 Å². The van der Waals surface area contributed by atoms with E-state index in [9.17, 15) is 9.59 Å². The van der Waals surface area contributed by atoms with Gasteiger partial charge in [-0.3, -0.25) is 9.36 Å². The van der Waals surface area contributed by atoms with Crippen molar-refractivity contribution in [2.24, 2.45) is 5.41 Å². The Kier molecular flexibility index (Phi) is 3.19. The highest BCUT2D eigenvalue weighted by Gasteiger charge is 2.16. The van der Waals surface area contributed by atoms with Crippen LogP contribution in [0.1, 0.15) is 20.8 Å². The van der Waals surface area contributed by atoms with Gasteiger partial charge >= 0.3 is 5.69 Å². The molecule has 1 heterocycles. The second-order valence-corrected chi connectivity index (χ2v) is 6.40. The molecule has 0 aliphatic rings. The molecular weight excluding hydrogens is 296 g/mol. The first-order chi connectivity index (χ1) is 8.29. The highest BCUT2D eigenvalue weighted by atomic mass is 79.9. The van der Waals surface area contributed by atoms with Crippen molar-refractivity contribution in [1.29, 1.82) is 0 Å². The van der Waals surface area contributed by atoms with Crippen LogP contribution in [0.5, 0.6) is 0 Å². The lowest BCUT2D eigenvalue weighted by atomic mass is 9.97. The van der Waals surface area contributed by atoms with Crippen LogP contribution < -0.4 is 11.2 Å². The lowest BCUT2D eigenvalue weighted by Crippen LogP contribution is -2.38. The fourth-order valence-electron chi connectivity index (χ4n) is 1.87. The third-order valence-electron chi connectivity index (χ3n) is 2.59. The average Bonchev–Trinajstić information content (AvgIpc) is 2.22. The maximum atomic E-state index is 12.4. The number of hydrogen-bond acceptors (Lipinski definition) is 2. The molecule has 2 rings (SSSR count). The predicted octanol–water partition coefficient (Wildman–Crippen LogP) is 2.50. The SMILES string of the molecule is CC(C)(C)Cn1c(=O)[nH]c2cccc(Br)c2c1=O. The van der Waals surface area contributed by atoms with Gasteiger partial charge in [-0.1, -0.05) is 26.8 Å². The molecule has 5 heteroatoms. The minimum absolute atomic E-state index is 0.133. The highest BCUT2D eigenvalue weighted by Crippen LogP contribution is 2.19. The van der Waals surface area contributed by atoms with Crippen molar-refractivity contribution in [2.45, 2.75) is 27.3 Å². The monoisotopic (exact) mass is 310 g/mol. The van der Waals surface area contributed by atoms with Crippen LogP contribution in [-0.4, -0.2) is 9.55 Å². The Labute approximate surface area is 113 Å². The van der Waals surface area contributed by atoms with Gasteiger partial charge in [0, 0.05) is 11.0 Å². The summed E-state index contributed by atoms with van der Waals surface area (Å²) in [5.74, 6) is 0. The predicted molar refractivity (Wildman–Crippen MR) is 76.0 cm³/mol. The average molecular weight is 311 g/mol. The smallest absolute Gasteiger partial charge is 0.307 e. The van der Waals surface area contributed by atoms with Gasteiger partial charge in [-0.05, 0) is 33.5 Å². The van der Waals surface area contributed by atoms with Crippen molar-refractivity contribution in [3.63, 3.8) is 0 Å². The van der Waals surface area contributed by atoms with Crippen LogP contribution in [0.25, 0.3) is 10.9 Å². The van der Waals surface area contributed by atoms with Gasteiger partial charge in [0.25, 0.3) is 5.56 Å². The number of halogens is 1. The first-order valence-electron chi connectivity index (χ1n) is 5.71. The summed E-state index contributed by atoms with van der Waals surface area (Å²) in [7, 11) is 0. The van der Waals surface area contributed by atoms with E-state index in [2.05, 4.69) is 20.9 Å². The van der Waals surface area contributed by atoms with Crippen molar-refractivity contribution in [3.05, 3.63) is 43.5 Å². The zero-order chi connectivity index (χ0) is 13.5. The Morgan fingerprint density at radius 2 is 1.94 bits per heavy atom. The normalized spacial score (nSPS) is 12.0. The van der Waals surface area contributed by atoms with E-state index in [4.69, 9.17) is 0 Å². The molecule has 0 aliphatic carbocycles. The van der Waals surface area contributed by atoms with E-state index in [-0.39, 0.29) is 16.7 Å². The van der Waals surface area contributed by atoms with E-state index < -0.39 is 0 Å². The van der Waals surface area contributed by atoms with E-state index in [1.807, 2.05) is 20.8 Å². The molecule has 0 spiro atoms. The molecule has 0 atom stereocenters. The van der Waals surface area contributed by atoms with Crippen LogP contribution in [0.3, 0.4) is 0 Å². The topological polar surface area (TPSA) is 54.9 Å². The first-order valence-corrected chi connectivity index (χ1v) is 6.50. The fraction of sp³-hybridized carbons (Fsp3) is 0.385. The molecule has 0 unspecified atom stereocenters. The Hall–Kier alpha value is -1.36. The van der Waals surface area contributed by atoms with Crippen molar-refractivity contribution < 1.29 is 0 Å². The van der Waals surface area contributed by atoms with E-state index in [1.54, 1.807) is 18.2 Å². The van der Waals surface area contributed by atoms with Crippen molar-refractivity contribution >= 4 is 26.8 Å². The van der Waals surface area contributed by atoms with Crippen LogP contribution >= 0.6 is 15.9 Å². The van der Waals surface area contributed by atoms with Gasteiger partial charge in [-0.2, -0.15) is 0 Å². The summed E-state index contributed by atoms with van der Waals surface area (Å²) in [5.41, 5.74) is -0.188. The number of rotatable bonds is 1. The summed E-state index contributed by atoms with van der Waals surface area (Å²) >= 11 is 3.35. The van der Waals surface area contributed by atoms with Gasteiger partial charge in [0.2, 0.25) is 0 Å².